The van der Waals surface area contributed by atoms with E-state index in [4.69, 9.17) is 9.84 Å². The van der Waals surface area contributed by atoms with Crippen LogP contribution < -0.4 is 0 Å². The van der Waals surface area contributed by atoms with Crippen LogP contribution in [-0.4, -0.2) is 23.7 Å². The predicted octanol–water partition coefficient (Wildman–Crippen LogP) is 0.906. The zero-order chi connectivity index (χ0) is 10.0. The lowest BCUT2D eigenvalue weighted by Gasteiger charge is -2.05. The highest BCUT2D eigenvalue weighted by molar-refractivity contribution is 5.86. The summed E-state index contributed by atoms with van der Waals surface area (Å²) in [5, 5.41) is 8.54. The Bertz CT molecular complexity index is 222. The van der Waals surface area contributed by atoms with Crippen molar-refractivity contribution in [2.24, 2.45) is 17.8 Å². The summed E-state index contributed by atoms with van der Waals surface area (Å²) in [4.78, 5) is 21.5. The number of carboxylic acids is 1. The Labute approximate surface area is 76.9 Å². The average Bonchev–Trinajstić information content (AvgIpc) is 2.78. The minimum atomic E-state index is -0.897. The number of ether oxygens (including phenoxy) is 1. The SMILES string of the molecule is CC(C)COC(=O)C1CC1C(=O)O. The van der Waals surface area contributed by atoms with E-state index >= 15 is 0 Å². The first kappa shape index (κ1) is 10.0. The molecule has 74 valence electrons. The number of esters is 1. The smallest absolute Gasteiger partial charge is 0.309 e. The first-order valence-electron chi connectivity index (χ1n) is 4.41. The molecule has 0 amide bonds. The Hall–Kier alpha value is -1.06. The van der Waals surface area contributed by atoms with E-state index in [1.165, 1.54) is 0 Å². The van der Waals surface area contributed by atoms with Gasteiger partial charge in [0.15, 0.2) is 0 Å². The van der Waals surface area contributed by atoms with E-state index in [1.807, 2.05) is 13.8 Å². The zero-order valence-corrected chi connectivity index (χ0v) is 7.82. The second-order valence-corrected chi connectivity index (χ2v) is 3.81. The van der Waals surface area contributed by atoms with Gasteiger partial charge in [0.05, 0.1) is 18.4 Å². The number of rotatable bonds is 4. The maximum absolute atomic E-state index is 11.1. The molecule has 1 saturated carbocycles. The van der Waals surface area contributed by atoms with E-state index in [2.05, 4.69) is 0 Å². The number of aliphatic carboxylic acids is 1. The van der Waals surface area contributed by atoms with Crippen molar-refractivity contribution >= 4 is 11.9 Å². The first-order chi connectivity index (χ1) is 6.02. The summed E-state index contributed by atoms with van der Waals surface area (Å²) in [6.45, 7) is 4.26. The number of carbonyl (C=O) groups is 2. The van der Waals surface area contributed by atoms with E-state index in [-0.39, 0.29) is 5.97 Å². The molecule has 0 radical (unpaired) electrons. The van der Waals surface area contributed by atoms with Gasteiger partial charge >= 0.3 is 11.9 Å². The van der Waals surface area contributed by atoms with Crippen molar-refractivity contribution in [1.29, 1.82) is 0 Å². The lowest BCUT2D eigenvalue weighted by molar-refractivity contribution is -0.149. The normalized spacial score (nSPS) is 25.8. The van der Waals surface area contributed by atoms with Gasteiger partial charge < -0.3 is 9.84 Å². The fourth-order valence-electron chi connectivity index (χ4n) is 1.08. The average molecular weight is 186 g/mol. The molecule has 0 heterocycles. The molecular formula is C9H14O4. The van der Waals surface area contributed by atoms with Crippen LogP contribution in [0.4, 0.5) is 0 Å². The van der Waals surface area contributed by atoms with Crippen LogP contribution in [0, 0.1) is 17.8 Å². The molecule has 0 aromatic rings. The summed E-state index contributed by atoms with van der Waals surface area (Å²) >= 11 is 0. The maximum atomic E-state index is 11.1. The molecule has 2 unspecified atom stereocenters. The van der Waals surface area contributed by atoms with Gasteiger partial charge in [-0.1, -0.05) is 13.8 Å². The molecule has 0 aromatic heterocycles. The second-order valence-electron chi connectivity index (χ2n) is 3.81. The Morgan fingerprint density at radius 2 is 2.08 bits per heavy atom. The van der Waals surface area contributed by atoms with Crippen LogP contribution >= 0.6 is 0 Å². The topological polar surface area (TPSA) is 63.6 Å². The third-order valence-electron chi connectivity index (χ3n) is 1.97. The lowest BCUT2D eigenvalue weighted by Crippen LogP contribution is -2.14. The van der Waals surface area contributed by atoms with Gasteiger partial charge in [-0.25, -0.2) is 0 Å². The van der Waals surface area contributed by atoms with Crippen molar-refractivity contribution in [2.45, 2.75) is 20.3 Å². The summed E-state index contributed by atoms with van der Waals surface area (Å²) in [7, 11) is 0. The highest BCUT2D eigenvalue weighted by atomic mass is 16.5. The fraction of sp³-hybridized carbons (Fsp3) is 0.778. The van der Waals surface area contributed by atoms with Gasteiger partial charge in [-0.05, 0) is 12.3 Å². The molecule has 2 atom stereocenters. The van der Waals surface area contributed by atoms with Crippen LogP contribution in [0.1, 0.15) is 20.3 Å². The Kier molecular flexibility index (Phi) is 2.90. The van der Waals surface area contributed by atoms with Crippen LogP contribution in [0.3, 0.4) is 0 Å². The van der Waals surface area contributed by atoms with Crippen molar-refractivity contribution < 1.29 is 19.4 Å². The lowest BCUT2D eigenvalue weighted by atomic mass is 10.2. The van der Waals surface area contributed by atoms with Crippen molar-refractivity contribution in [3.8, 4) is 0 Å². The van der Waals surface area contributed by atoms with Gasteiger partial charge in [0, 0.05) is 0 Å². The van der Waals surface area contributed by atoms with Crippen molar-refractivity contribution in [1.82, 2.24) is 0 Å². The molecule has 0 aromatic carbocycles. The van der Waals surface area contributed by atoms with Crippen molar-refractivity contribution in [3.63, 3.8) is 0 Å². The van der Waals surface area contributed by atoms with Crippen LogP contribution in [0.15, 0.2) is 0 Å². The first-order valence-corrected chi connectivity index (χ1v) is 4.41. The zero-order valence-electron chi connectivity index (χ0n) is 7.82. The minimum absolute atomic E-state index is 0.297. The molecule has 13 heavy (non-hydrogen) atoms. The third kappa shape index (κ3) is 2.72. The third-order valence-corrected chi connectivity index (χ3v) is 1.97. The Morgan fingerprint density at radius 1 is 1.46 bits per heavy atom. The van der Waals surface area contributed by atoms with Crippen LogP contribution in [0.5, 0.6) is 0 Å². The number of carbonyl (C=O) groups excluding carboxylic acids is 1. The maximum Gasteiger partial charge on any atom is 0.309 e. The van der Waals surface area contributed by atoms with Crippen LogP contribution in [0.2, 0.25) is 0 Å². The van der Waals surface area contributed by atoms with Crippen molar-refractivity contribution in [3.05, 3.63) is 0 Å². The molecule has 4 nitrogen and oxygen atoms in total. The molecule has 0 aliphatic heterocycles. The summed E-state index contributed by atoms with van der Waals surface area (Å²) < 4.78 is 4.91. The molecule has 0 spiro atoms. The van der Waals surface area contributed by atoms with E-state index < -0.39 is 17.8 Å². The molecule has 1 aliphatic carbocycles. The molecule has 1 aliphatic rings. The molecule has 4 heteroatoms. The molecule has 0 saturated heterocycles. The fourth-order valence-corrected chi connectivity index (χ4v) is 1.08. The van der Waals surface area contributed by atoms with Gasteiger partial charge in [-0.3, -0.25) is 9.59 Å². The molecule has 1 fully saturated rings. The Morgan fingerprint density at radius 3 is 2.46 bits per heavy atom. The number of hydrogen-bond donors (Lipinski definition) is 1. The highest BCUT2D eigenvalue weighted by Crippen LogP contribution is 2.39. The summed E-state index contributed by atoms with van der Waals surface area (Å²) in [5.41, 5.74) is 0. The Balaban J connectivity index is 2.24. The van der Waals surface area contributed by atoms with Gasteiger partial charge in [0.25, 0.3) is 0 Å². The second kappa shape index (κ2) is 3.77. The highest BCUT2D eigenvalue weighted by Gasteiger charge is 2.49. The summed E-state index contributed by atoms with van der Waals surface area (Å²) in [6, 6.07) is 0. The van der Waals surface area contributed by atoms with E-state index in [0.717, 1.165) is 0 Å². The number of carboxylic acid groups (broad SMARTS) is 1. The van der Waals surface area contributed by atoms with Crippen LogP contribution in [0.25, 0.3) is 0 Å². The molecule has 1 N–H and O–H groups in total. The van der Waals surface area contributed by atoms with Crippen molar-refractivity contribution in [2.75, 3.05) is 6.61 Å². The predicted molar refractivity (Wildman–Crippen MR) is 45.0 cm³/mol. The summed E-state index contributed by atoms with van der Waals surface area (Å²) in [5.74, 6) is -1.85. The monoisotopic (exact) mass is 186 g/mol. The van der Waals surface area contributed by atoms with Gasteiger partial charge in [-0.2, -0.15) is 0 Å². The quantitative estimate of drug-likeness (QED) is 0.663. The van der Waals surface area contributed by atoms with Crippen LogP contribution in [-0.2, 0) is 14.3 Å². The van der Waals surface area contributed by atoms with Gasteiger partial charge in [0.1, 0.15) is 0 Å². The van der Waals surface area contributed by atoms with E-state index in [9.17, 15) is 9.59 Å². The van der Waals surface area contributed by atoms with Gasteiger partial charge in [0.2, 0.25) is 0 Å². The summed E-state index contributed by atoms with van der Waals surface area (Å²) in [6.07, 6.45) is 0.437. The molecule has 1 rings (SSSR count). The largest absolute Gasteiger partial charge is 0.481 e. The van der Waals surface area contributed by atoms with E-state index in [1.54, 1.807) is 0 Å². The minimum Gasteiger partial charge on any atom is -0.481 e. The van der Waals surface area contributed by atoms with E-state index in [0.29, 0.717) is 18.9 Å². The standard InChI is InChI=1S/C9H14O4/c1-5(2)4-13-9(12)7-3-6(7)8(10)11/h5-7H,3-4H2,1-2H3,(H,10,11). The molecule has 0 bridgehead atoms. The number of hydrogen-bond acceptors (Lipinski definition) is 3. The molecular weight excluding hydrogens is 172 g/mol. The van der Waals surface area contributed by atoms with Gasteiger partial charge in [-0.15, -0.1) is 0 Å².